The van der Waals surface area contributed by atoms with E-state index in [-0.39, 0.29) is 37.8 Å². The zero-order valence-corrected chi connectivity index (χ0v) is 29.0. The van der Waals surface area contributed by atoms with Crippen LogP contribution in [0.3, 0.4) is 0 Å². The van der Waals surface area contributed by atoms with Gasteiger partial charge in [0.15, 0.2) is 0 Å². The number of aryl methyl sites for hydroxylation is 1. The lowest BCUT2D eigenvalue weighted by atomic mass is 9.80. The van der Waals surface area contributed by atoms with Gasteiger partial charge in [0.25, 0.3) is 0 Å². The van der Waals surface area contributed by atoms with Gasteiger partial charge in [-0.05, 0) is 47.6 Å². The van der Waals surface area contributed by atoms with E-state index in [2.05, 4.69) is 31.3 Å². The Morgan fingerprint density at radius 1 is 1.08 bits per heavy atom. The van der Waals surface area contributed by atoms with Crippen molar-refractivity contribution in [1.29, 1.82) is 0 Å². The van der Waals surface area contributed by atoms with Gasteiger partial charge in [-0.25, -0.2) is 14.6 Å². The summed E-state index contributed by atoms with van der Waals surface area (Å²) in [6.45, 7) is 8.81. The summed E-state index contributed by atoms with van der Waals surface area (Å²) in [7, 11) is -1.53. The summed E-state index contributed by atoms with van der Waals surface area (Å²) in [5, 5.41) is 12.4. The summed E-state index contributed by atoms with van der Waals surface area (Å²) in [6.07, 6.45) is 3.19. The molecule has 0 saturated carbocycles. The number of esters is 2. The van der Waals surface area contributed by atoms with E-state index in [1.54, 1.807) is 6.92 Å². The largest absolute Gasteiger partial charge is 0.510 e. The first kappa shape index (κ1) is 33.3. The maximum Gasteiger partial charge on any atom is 0.510 e. The molecule has 0 spiro atoms. The van der Waals surface area contributed by atoms with Crippen LogP contribution in [0.25, 0.3) is 11.8 Å². The van der Waals surface area contributed by atoms with E-state index in [1.807, 2.05) is 41.0 Å². The van der Waals surface area contributed by atoms with Gasteiger partial charge in [0, 0.05) is 32.6 Å². The standard InChI is InChI=1S/C37H42N2O8Si/c1-5-37(47-36(43)46-22-25-11-7-6-8-12-25)30-20-31-33(34(41)29(30)23-45-35(37)42)39-21-28-26(13-9-14-27(28)19-32(39)38-31)15-18-48(3,4)17-10-16-44-24(2)40/h6-9,11-14,19,41H,5,10,15-18,20-23H2,1-4H3. The van der Waals surface area contributed by atoms with Crippen molar-refractivity contribution in [3.63, 3.8) is 0 Å². The monoisotopic (exact) mass is 670 g/mol. The zero-order chi connectivity index (χ0) is 34.1. The number of rotatable bonds is 11. The zero-order valence-electron chi connectivity index (χ0n) is 28.0. The number of cyclic esters (lactones) is 1. The van der Waals surface area contributed by atoms with Crippen LogP contribution in [0.5, 0.6) is 0 Å². The molecule has 3 aliphatic rings. The predicted octanol–water partition coefficient (Wildman–Crippen LogP) is 4.86. The molecule has 3 heterocycles. The summed E-state index contributed by atoms with van der Waals surface area (Å²) in [5.74, 6) is -0.949. The lowest BCUT2D eigenvalue weighted by Crippen LogP contribution is -2.52. The maximum absolute atomic E-state index is 13.3. The van der Waals surface area contributed by atoms with Crippen LogP contribution < -0.4 is 10.8 Å². The van der Waals surface area contributed by atoms with Crippen molar-refractivity contribution >= 4 is 38.0 Å². The van der Waals surface area contributed by atoms with Gasteiger partial charge in [0.1, 0.15) is 29.8 Å². The maximum atomic E-state index is 13.3. The van der Waals surface area contributed by atoms with E-state index in [4.69, 9.17) is 23.9 Å². The molecular formula is C37H42N2O8Si. The van der Waals surface area contributed by atoms with Crippen molar-refractivity contribution in [3.05, 3.63) is 98.5 Å². The Balaban J connectivity index is 1.25. The fraction of sp³-hybridized carbons (Fsp3) is 0.405. The minimum atomic E-state index is -1.74. The average Bonchev–Trinajstić information content (AvgIpc) is 3.43. The normalized spacial score (nSPS) is 18.1. The van der Waals surface area contributed by atoms with E-state index in [9.17, 15) is 19.5 Å². The molecule has 0 saturated heterocycles. The first-order valence-corrected chi connectivity index (χ1v) is 20.0. The molecule has 0 amide bonds. The first-order chi connectivity index (χ1) is 23.0. The highest BCUT2D eigenvalue weighted by Gasteiger charge is 2.52. The molecule has 10 nitrogen and oxygen atoms in total. The molecule has 0 radical (unpaired) electrons. The van der Waals surface area contributed by atoms with Gasteiger partial charge in [-0.3, -0.25) is 4.79 Å². The number of benzene rings is 2. The number of aliphatic hydroxyl groups excluding tert-OH is 1. The number of hydrogen-bond acceptors (Lipinski definition) is 9. The number of hydrogen-bond donors (Lipinski definition) is 1. The molecule has 3 aromatic rings. The Hall–Kier alpha value is -4.64. The summed E-state index contributed by atoms with van der Waals surface area (Å²) >= 11 is 0. The van der Waals surface area contributed by atoms with Crippen LogP contribution in [0.1, 0.15) is 54.6 Å². The van der Waals surface area contributed by atoms with Crippen LogP contribution in [-0.4, -0.2) is 59.6 Å². The van der Waals surface area contributed by atoms with E-state index >= 15 is 0 Å². The molecule has 1 aliphatic carbocycles. The molecule has 1 atom stereocenters. The second-order valence-electron chi connectivity index (χ2n) is 13.5. The fourth-order valence-corrected chi connectivity index (χ4v) is 9.26. The highest BCUT2D eigenvalue weighted by atomic mass is 28.3. The average molecular weight is 671 g/mol. The van der Waals surface area contributed by atoms with Crippen LogP contribution in [0.4, 0.5) is 4.79 Å². The summed E-state index contributed by atoms with van der Waals surface area (Å²) in [5.41, 5.74) is 4.84. The number of imidazole rings is 1. The summed E-state index contributed by atoms with van der Waals surface area (Å²) in [6, 6.07) is 17.7. The van der Waals surface area contributed by atoms with Crippen molar-refractivity contribution < 1.29 is 38.4 Å². The number of nitrogens with zero attached hydrogens (tertiary/aromatic N) is 2. The second-order valence-corrected chi connectivity index (χ2v) is 18.8. The second kappa shape index (κ2) is 13.5. The van der Waals surface area contributed by atoms with Crippen molar-refractivity contribution in [2.24, 2.45) is 0 Å². The molecule has 0 bridgehead atoms. The van der Waals surface area contributed by atoms with Gasteiger partial charge in [-0.1, -0.05) is 80.6 Å². The molecular weight excluding hydrogens is 628 g/mol. The minimum Gasteiger partial charge on any atom is -0.505 e. The van der Waals surface area contributed by atoms with Crippen LogP contribution in [-0.2, 0) is 54.5 Å². The molecule has 1 unspecified atom stereocenters. The minimum absolute atomic E-state index is 0.0101. The molecule has 1 aromatic heterocycles. The van der Waals surface area contributed by atoms with Crippen LogP contribution in [0.15, 0.2) is 59.7 Å². The Morgan fingerprint density at radius 3 is 2.62 bits per heavy atom. The molecule has 252 valence electrons. The van der Waals surface area contributed by atoms with Gasteiger partial charge in [-0.15, -0.1) is 0 Å². The van der Waals surface area contributed by atoms with E-state index in [1.165, 1.54) is 18.1 Å². The number of aromatic nitrogens is 2. The lowest BCUT2D eigenvalue weighted by molar-refractivity contribution is -0.166. The quantitative estimate of drug-likeness (QED) is 0.103. The first-order valence-electron chi connectivity index (χ1n) is 16.6. The third-order valence-corrected chi connectivity index (χ3v) is 13.0. The van der Waals surface area contributed by atoms with Gasteiger partial charge in [0.05, 0.1) is 18.8 Å². The van der Waals surface area contributed by atoms with E-state index in [0.717, 1.165) is 36.1 Å². The smallest absolute Gasteiger partial charge is 0.505 e. The van der Waals surface area contributed by atoms with E-state index in [0.29, 0.717) is 40.8 Å². The highest BCUT2D eigenvalue weighted by Crippen LogP contribution is 2.39. The lowest BCUT2D eigenvalue weighted by Gasteiger charge is -2.38. The van der Waals surface area contributed by atoms with Crippen LogP contribution in [0.2, 0.25) is 25.2 Å². The highest BCUT2D eigenvalue weighted by molar-refractivity contribution is 6.77. The molecule has 6 rings (SSSR count). The third kappa shape index (κ3) is 6.56. The fourth-order valence-electron chi connectivity index (χ4n) is 6.96. The summed E-state index contributed by atoms with van der Waals surface area (Å²) in [4.78, 5) is 42.3. The number of fused-ring (bicyclic) bond motifs is 4. The Kier molecular flexibility index (Phi) is 9.33. The Bertz CT molecular complexity index is 1910. The molecule has 2 aromatic carbocycles. The van der Waals surface area contributed by atoms with E-state index < -0.39 is 25.8 Å². The third-order valence-electron chi connectivity index (χ3n) is 9.69. The molecule has 0 fully saturated rings. The number of ether oxygens (including phenoxy) is 4. The van der Waals surface area contributed by atoms with Crippen LogP contribution in [0, 0.1) is 0 Å². The Labute approximate surface area is 280 Å². The van der Waals surface area contributed by atoms with Crippen molar-refractivity contribution in [3.8, 4) is 0 Å². The summed E-state index contributed by atoms with van der Waals surface area (Å²) < 4.78 is 23.9. The molecule has 11 heteroatoms. The van der Waals surface area contributed by atoms with Gasteiger partial charge in [0.2, 0.25) is 5.60 Å². The van der Waals surface area contributed by atoms with Crippen molar-refractivity contribution in [2.75, 3.05) is 13.2 Å². The number of carbonyl (C=O) groups excluding carboxylic acids is 3. The van der Waals surface area contributed by atoms with Crippen molar-refractivity contribution in [2.45, 2.75) is 83.5 Å². The SMILES string of the molecule is CCC1(OC(=O)OCc2ccccc2)C(=O)OCC2=C1Cc1nc3n(c1=C2O)Cc1c(cccc1CC[Si](C)(C)CCCOC(C)=O)C=3. The predicted molar refractivity (Wildman–Crippen MR) is 181 cm³/mol. The molecule has 1 N–H and O–H groups in total. The Morgan fingerprint density at radius 2 is 1.88 bits per heavy atom. The molecule has 2 aliphatic heterocycles. The number of carbonyl (C=O) groups is 3. The van der Waals surface area contributed by atoms with Crippen LogP contribution >= 0.6 is 0 Å². The van der Waals surface area contributed by atoms with Gasteiger partial charge in [-0.2, -0.15) is 0 Å². The topological polar surface area (TPSA) is 126 Å². The van der Waals surface area contributed by atoms with Crippen molar-refractivity contribution in [1.82, 2.24) is 9.55 Å². The van der Waals surface area contributed by atoms with Gasteiger partial charge < -0.3 is 28.6 Å². The molecule has 48 heavy (non-hydrogen) atoms. The number of aliphatic hydroxyl groups is 1. The van der Waals surface area contributed by atoms with Gasteiger partial charge >= 0.3 is 18.1 Å².